The topological polar surface area (TPSA) is 135 Å². The number of aromatic nitrogens is 2. The third kappa shape index (κ3) is 8.01. The molecule has 5 heterocycles. The van der Waals surface area contributed by atoms with Crippen molar-refractivity contribution >= 4 is 51.7 Å². The number of nitrogens with zero attached hydrogens (tertiary/aromatic N) is 3. The number of H-pyrrole nitrogens is 1. The van der Waals surface area contributed by atoms with Gasteiger partial charge in [0.1, 0.15) is 22.3 Å². The fourth-order valence-electron chi connectivity index (χ4n) is 6.06. The summed E-state index contributed by atoms with van der Waals surface area (Å²) in [4.78, 5) is 38.1. The van der Waals surface area contributed by atoms with Crippen LogP contribution < -0.4 is 19.4 Å². The maximum absolute atomic E-state index is 13.5. The zero-order valence-electron chi connectivity index (χ0n) is 26.4. The van der Waals surface area contributed by atoms with Crippen LogP contribution >= 0.6 is 34.5 Å². The first-order chi connectivity index (χ1) is 22.8. The minimum atomic E-state index is -0.749. The summed E-state index contributed by atoms with van der Waals surface area (Å²) in [7, 11) is 3.09. The van der Waals surface area contributed by atoms with Crippen LogP contribution in [-0.4, -0.2) is 67.4 Å². The molecule has 0 unspecified atom stereocenters. The first-order valence-corrected chi connectivity index (χ1v) is 16.9. The number of thiazole rings is 1. The molecule has 3 fully saturated rings. The van der Waals surface area contributed by atoms with Gasteiger partial charge in [0.2, 0.25) is 0 Å². The van der Waals surface area contributed by atoms with Gasteiger partial charge < -0.3 is 24.4 Å². The van der Waals surface area contributed by atoms with Crippen molar-refractivity contribution in [2.24, 2.45) is 5.92 Å². The molecule has 3 aliphatic rings. The maximum atomic E-state index is 13.5. The molecular weight excluding hydrogens is 679 g/mol. The number of pyridine rings is 1. The Balaban J connectivity index is 0.00000451. The fourth-order valence-corrected chi connectivity index (χ4v) is 7.22. The lowest BCUT2D eigenvalue weighted by molar-refractivity contribution is -0.377. The number of anilines is 1. The Kier molecular flexibility index (Phi) is 11.8. The number of aromatic amines is 1. The van der Waals surface area contributed by atoms with Crippen LogP contribution in [-0.2, 0) is 22.4 Å². The van der Waals surface area contributed by atoms with Crippen molar-refractivity contribution in [1.82, 2.24) is 9.88 Å². The van der Waals surface area contributed by atoms with E-state index in [1.807, 2.05) is 5.38 Å². The van der Waals surface area contributed by atoms with E-state index in [1.165, 1.54) is 18.4 Å². The van der Waals surface area contributed by atoms with Gasteiger partial charge in [-0.25, -0.2) is 24.5 Å². The molecule has 0 saturated carbocycles. The Hall–Kier alpha value is -3.94. The summed E-state index contributed by atoms with van der Waals surface area (Å²) in [6, 6.07) is 12.3. The molecule has 0 spiro atoms. The van der Waals surface area contributed by atoms with Crippen molar-refractivity contribution in [3.63, 3.8) is 0 Å². The molecule has 2 aromatic heterocycles. The number of carbonyl (C=O) groups excluding carboxylic acids is 2. The first-order valence-electron chi connectivity index (χ1n) is 15.3. The summed E-state index contributed by atoms with van der Waals surface area (Å²) in [5, 5.41) is 3.21. The van der Waals surface area contributed by atoms with E-state index in [0.29, 0.717) is 49.3 Å². The molecule has 0 radical (unpaired) electrons. The van der Waals surface area contributed by atoms with Crippen LogP contribution in [0.15, 0.2) is 66.4 Å². The second kappa shape index (κ2) is 16.0. The molecule has 1 amide bonds. The summed E-state index contributed by atoms with van der Waals surface area (Å²) >= 11 is 14.3. The highest BCUT2D eigenvalue weighted by Crippen LogP contribution is 2.36. The molecule has 3 saturated heterocycles. The summed E-state index contributed by atoms with van der Waals surface area (Å²) in [5.74, 6) is 0.889. The molecule has 2 aromatic carbocycles. The number of benzene rings is 2. The molecule has 11 nitrogen and oxygen atoms in total. The average molecular weight is 716 g/mol. The van der Waals surface area contributed by atoms with Gasteiger partial charge in [-0.2, -0.15) is 0 Å². The van der Waals surface area contributed by atoms with E-state index < -0.39 is 18.2 Å². The SMILES string of the molecule is COc1ccc([C@H](Cc2c(Cl)c[nH+]cc2Cl)OC(=O)c2ccc(CN(C(=O)O[C@H]3CN4CCC3CC4)c3nccs3)cc2)cc1OC.[OH-]. The molecule has 14 heteroatoms. The van der Waals surface area contributed by atoms with Gasteiger partial charge in [0.05, 0.1) is 26.3 Å². The standard InChI is InChI=1S/C34H34Cl2N4O6S.H2O/c1-43-28-8-7-24(15-30(28)44-2)29(16-25-26(35)17-37-18-27(25)36)45-32(41)23-5-3-21(4-6-23)19-40(33-38-11-14-47-33)34(42)46-31-20-39-12-9-22(31)10-13-39;/h3-8,11,14-15,17-18,22,29,31H,9-10,12-13,16,19-20H2,1-2H3;1H2/t29-,31-;/m0./s1. The van der Waals surface area contributed by atoms with Crippen molar-refractivity contribution in [2.45, 2.75) is 38.0 Å². The smallest absolute Gasteiger partial charge is 0.416 e. The van der Waals surface area contributed by atoms with Gasteiger partial charge in [0.25, 0.3) is 0 Å². The predicted octanol–water partition coefficient (Wildman–Crippen LogP) is 6.48. The summed E-state index contributed by atoms with van der Waals surface area (Å²) in [5.41, 5.74) is 2.45. The zero-order valence-corrected chi connectivity index (χ0v) is 28.8. The molecular formula is C34H36Cl2N4O7S. The normalized spacial score (nSPS) is 18.7. The van der Waals surface area contributed by atoms with E-state index in [1.54, 1.807) is 73.1 Å². The Bertz CT molecular complexity index is 1680. The summed E-state index contributed by atoms with van der Waals surface area (Å²) < 4.78 is 23.0. The third-order valence-corrected chi connectivity index (χ3v) is 10.1. The molecule has 254 valence electrons. The number of hydrogen-bond donors (Lipinski definition) is 0. The van der Waals surface area contributed by atoms with Gasteiger partial charge in [0, 0.05) is 30.1 Å². The van der Waals surface area contributed by atoms with E-state index in [2.05, 4.69) is 14.9 Å². The van der Waals surface area contributed by atoms with Gasteiger partial charge in [0.15, 0.2) is 29.0 Å². The van der Waals surface area contributed by atoms with Gasteiger partial charge in [-0.3, -0.25) is 4.90 Å². The number of esters is 1. The Morgan fingerprint density at radius 3 is 2.35 bits per heavy atom. The molecule has 0 aliphatic carbocycles. The molecule has 3 aliphatic heterocycles. The van der Waals surface area contributed by atoms with Crippen LogP contribution in [0.1, 0.15) is 46.0 Å². The number of piperidine rings is 3. The van der Waals surface area contributed by atoms with Crippen LogP contribution in [0.4, 0.5) is 9.93 Å². The largest absolute Gasteiger partial charge is 0.870 e. The molecule has 48 heavy (non-hydrogen) atoms. The van der Waals surface area contributed by atoms with Gasteiger partial charge in [-0.1, -0.05) is 41.4 Å². The number of carbonyl (C=O) groups is 2. The second-order valence-corrected chi connectivity index (χ2v) is 13.2. The van der Waals surface area contributed by atoms with E-state index in [-0.39, 0.29) is 24.5 Å². The number of hydrogen-bond acceptors (Lipinski definition) is 10. The number of amides is 1. The highest BCUT2D eigenvalue weighted by Gasteiger charge is 2.37. The number of rotatable bonds is 11. The number of nitrogens with one attached hydrogen (secondary N) is 1. The van der Waals surface area contributed by atoms with E-state index in [9.17, 15) is 9.59 Å². The molecule has 4 aromatic rings. The van der Waals surface area contributed by atoms with Crippen LogP contribution in [0.5, 0.6) is 11.5 Å². The number of methoxy groups -OCH3 is 2. The third-order valence-electron chi connectivity index (χ3n) is 8.66. The average Bonchev–Trinajstić information content (AvgIpc) is 3.63. The van der Waals surface area contributed by atoms with Gasteiger partial charge >= 0.3 is 12.1 Å². The van der Waals surface area contributed by atoms with Crippen molar-refractivity contribution in [3.8, 4) is 11.5 Å². The first kappa shape index (κ1) is 35.4. The second-order valence-electron chi connectivity index (χ2n) is 11.5. The monoisotopic (exact) mass is 714 g/mol. The summed E-state index contributed by atoms with van der Waals surface area (Å²) in [6.07, 6.45) is 5.92. The Morgan fingerprint density at radius 2 is 1.75 bits per heavy atom. The lowest BCUT2D eigenvalue weighted by atomic mass is 9.86. The van der Waals surface area contributed by atoms with Crippen LogP contribution in [0.3, 0.4) is 0 Å². The van der Waals surface area contributed by atoms with Gasteiger partial charge in [-0.05, 0) is 67.2 Å². The molecule has 7 rings (SSSR count). The number of halogens is 2. The van der Waals surface area contributed by atoms with Crippen LogP contribution in [0.25, 0.3) is 0 Å². The minimum absolute atomic E-state index is 0. The zero-order chi connectivity index (χ0) is 32.9. The lowest BCUT2D eigenvalue weighted by Crippen LogP contribution is -2.53. The van der Waals surface area contributed by atoms with Crippen molar-refractivity contribution in [2.75, 3.05) is 38.8 Å². The molecule has 2 N–H and O–H groups in total. The highest BCUT2D eigenvalue weighted by atomic mass is 35.5. The highest BCUT2D eigenvalue weighted by molar-refractivity contribution is 7.13. The number of ether oxygens (including phenoxy) is 4. The van der Waals surface area contributed by atoms with Crippen molar-refractivity contribution < 1.29 is 39.0 Å². The fraction of sp³-hybridized carbons (Fsp3) is 0.353. The molecule has 2 bridgehead atoms. The van der Waals surface area contributed by atoms with Gasteiger partial charge in [-0.15, -0.1) is 11.3 Å². The minimum Gasteiger partial charge on any atom is -0.870 e. The van der Waals surface area contributed by atoms with Crippen molar-refractivity contribution in [3.05, 3.63) is 98.7 Å². The molecule has 2 atom stereocenters. The summed E-state index contributed by atoms with van der Waals surface area (Å²) in [6.45, 7) is 3.12. The van der Waals surface area contributed by atoms with Crippen LogP contribution in [0.2, 0.25) is 10.0 Å². The lowest BCUT2D eigenvalue weighted by Gasteiger charge is -2.44. The predicted molar refractivity (Wildman–Crippen MR) is 181 cm³/mol. The van der Waals surface area contributed by atoms with Crippen LogP contribution in [0, 0.1) is 5.92 Å². The van der Waals surface area contributed by atoms with E-state index in [4.69, 9.17) is 42.1 Å². The Morgan fingerprint density at radius 1 is 1.04 bits per heavy atom. The number of fused-ring (bicyclic) bond motifs is 3. The van der Waals surface area contributed by atoms with E-state index >= 15 is 0 Å². The van der Waals surface area contributed by atoms with Crippen molar-refractivity contribution in [1.29, 1.82) is 0 Å². The van der Waals surface area contributed by atoms with E-state index in [0.717, 1.165) is 38.0 Å². The quantitative estimate of drug-likeness (QED) is 0.160. The maximum Gasteiger partial charge on any atom is 0.416 e. The Labute approximate surface area is 292 Å².